The summed E-state index contributed by atoms with van der Waals surface area (Å²) in [4.78, 5) is 0. The Bertz CT molecular complexity index is 476. The summed E-state index contributed by atoms with van der Waals surface area (Å²) in [7, 11) is 0. The lowest BCUT2D eigenvalue weighted by Gasteiger charge is -2.31. The van der Waals surface area contributed by atoms with Crippen molar-refractivity contribution in [1.82, 2.24) is 5.32 Å². The second-order valence-corrected chi connectivity index (χ2v) is 6.74. The molecule has 1 saturated carbocycles. The van der Waals surface area contributed by atoms with Gasteiger partial charge in [0, 0.05) is 16.7 Å². The lowest BCUT2D eigenvalue weighted by atomic mass is 9.76. The van der Waals surface area contributed by atoms with Crippen molar-refractivity contribution >= 4 is 11.8 Å². The quantitative estimate of drug-likeness (QED) is 0.610. The second kappa shape index (κ2) is 6.03. The third kappa shape index (κ3) is 2.92. The van der Waals surface area contributed by atoms with Crippen molar-refractivity contribution < 1.29 is 0 Å². The zero-order valence-electron chi connectivity index (χ0n) is 12.7. The van der Waals surface area contributed by atoms with Crippen LogP contribution in [0, 0.1) is 5.41 Å². The Labute approximate surface area is 123 Å². The van der Waals surface area contributed by atoms with Gasteiger partial charge in [-0.05, 0) is 25.0 Å². The van der Waals surface area contributed by atoms with E-state index >= 15 is 0 Å². The molecule has 1 radical (unpaired) electrons. The summed E-state index contributed by atoms with van der Waals surface area (Å²) in [5.74, 6) is 0. The molecule has 1 aliphatic carbocycles. The molecule has 0 aromatic heterocycles. The molecule has 107 valence electrons. The van der Waals surface area contributed by atoms with E-state index in [0.29, 0.717) is 0 Å². The van der Waals surface area contributed by atoms with Crippen LogP contribution < -0.4 is 5.32 Å². The minimum Gasteiger partial charge on any atom is -0.252 e. The number of rotatable bonds is 1. The molecule has 1 aromatic rings. The van der Waals surface area contributed by atoms with E-state index in [9.17, 15) is 0 Å². The fraction of sp³-hybridized carbons (Fsp3) is 0.579. The van der Waals surface area contributed by atoms with Crippen LogP contribution in [0.2, 0.25) is 0 Å². The third-order valence-corrected chi connectivity index (χ3v) is 5.05. The predicted molar refractivity (Wildman–Crippen MR) is 85.9 cm³/mol. The van der Waals surface area contributed by atoms with Crippen LogP contribution in [0.25, 0.3) is 6.08 Å². The van der Waals surface area contributed by atoms with E-state index in [-0.39, 0.29) is 5.41 Å². The molecular formula is C19H26N. The van der Waals surface area contributed by atoms with Crippen LogP contribution in [0.15, 0.2) is 30.0 Å². The zero-order valence-corrected chi connectivity index (χ0v) is 12.7. The summed E-state index contributed by atoms with van der Waals surface area (Å²) in [6.45, 7) is 2.44. The van der Waals surface area contributed by atoms with Crippen molar-refractivity contribution in [3.05, 3.63) is 35.5 Å². The standard InChI is InChI=1S/C19H26N/c1-19(13-9-5-3-2-4-6-10-14-19)18-15-16-11-7-8-12-17(16)20-18/h7-8,11-12,15H,2-6,9-10,13-14H2,1H3. The molecule has 1 heteroatoms. The normalized spacial score (nSPS) is 22.6. The van der Waals surface area contributed by atoms with Gasteiger partial charge in [0.25, 0.3) is 0 Å². The van der Waals surface area contributed by atoms with E-state index in [1.165, 1.54) is 74.7 Å². The molecule has 1 heterocycles. The lowest BCUT2D eigenvalue weighted by Crippen LogP contribution is -2.23. The maximum absolute atomic E-state index is 4.93. The second-order valence-electron chi connectivity index (χ2n) is 6.74. The number of allylic oxidation sites excluding steroid dienone is 1. The van der Waals surface area contributed by atoms with Gasteiger partial charge in [-0.15, -0.1) is 0 Å². The topological polar surface area (TPSA) is 14.1 Å². The largest absolute Gasteiger partial charge is 0.252 e. The van der Waals surface area contributed by atoms with Gasteiger partial charge in [0.1, 0.15) is 0 Å². The first-order valence-corrected chi connectivity index (χ1v) is 8.31. The van der Waals surface area contributed by atoms with Gasteiger partial charge in [0.15, 0.2) is 0 Å². The highest BCUT2D eigenvalue weighted by molar-refractivity contribution is 5.72. The number of fused-ring (bicyclic) bond motifs is 1. The van der Waals surface area contributed by atoms with Crippen LogP contribution in [0.1, 0.15) is 70.3 Å². The van der Waals surface area contributed by atoms with Crippen LogP contribution in [0.3, 0.4) is 0 Å². The Morgan fingerprint density at radius 1 is 0.850 bits per heavy atom. The van der Waals surface area contributed by atoms with Gasteiger partial charge in [-0.25, -0.2) is 0 Å². The van der Waals surface area contributed by atoms with Gasteiger partial charge in [-0.2, -0.15) is 0 Å². The van der Waals surface area contributed by atoms with Crippen molar-refractivity contribution in [2.24, 2.45) is 5.41 Å². The molecule has 1 aromatic carbocycles. The van der Waals surface area contributed by atoms with E-state index in [0.717, 1.165) is 0 Å². The fourth-order valence-corrected chi connectivity index (χ4v) is 3.63. The summed E-state index contributed by atoms with van der Waals surface area (Å²) in [6, 6.07) is 8.54. The van der Waals surface area contributed by atoms with Crippen molar-refractivity contribution in [1.29, 1.82) is 0 Å². The van der Waals surface area contributed by atoms with Crippen molar-refractivity contribution in [3.63, 3.8) is 0 Å². The molecule has 0 N–H and O–H groups in total. The number of para-hydroxylation sites is 1. The molecule has 0 bridgehead atoms. The molecule has 2 aliphatic rings. The zero-order chi connectivity index (χ0) is 13.8. The molecule has 0 atom stereocenters. The summed E-state index contributed by atoms with van der Waals surface area (Å²) in [5, 5.41) is 4.93. The van der Waals surface area contributed by atoms with Gasteiger partial charge < -0.3 is 0 Å². The van der Waals surface area contributed by atoms with E-state index in [4.69, 9.17) is 5.32 Å². The van der Waals surface area contributed by atoms with Gasteiger partial charge in [0.2, 0.25) is 0 Å². The Hall–Kier alpha value is -1.24. The van der Waals surface area contributed by atoms with Crippen molar-refractivity contribution in [2.45, 2.75) is 64.7 Å². The Kier molecular flexibility index (Phi) is 4.14. The Morgan fingerprint density at radius 2 is 1.45 bits per heavy atom. The number of nitrogens with zero attached hydrogens (tertiary/aromatic N) is 1. The molecule has 0 spiro atoms. The summed E-state index contributed by atoms with van der Waals surface area (Å²) in [5.41, 5.74) is 4.09. The predicted octanol–water partition coefficient (Wildman–Crippen LogP) is 5.81. The molecule has 0 amide bonds. The highest BCUT2D eigenvalue weighted by Crippen LogP contribution is 2.44. The van der Waals surface area contributed by atoms with Crippen molar-refractivity contribution in [3.8, 4) is 0 Å². The number of hydrogen-bond acceptors (Lipinski definition) is 0. The van der Waals surface area contributed by atoms with Crippen LogP contribution in [-0.4, -0.2) is 0 Å². The average Bonchev–Trinajstić information content (AvgIpc) is 2.91. The summed E-state index contributed by atoms with van der Waals surface area (Å²) in [6.07, 6.45) is 14.7. The van der Waals surface area contributed by atoms with Crippen LogP contribution >= 0.6 is 0 Å². The Balaban J connectivity index is 1.76. The van der Waals surface area contributed by atoms with Crippen LogP contribution in [0.4, 0.5) is 5.69 Å². The van der Waals surface area contributed by atoms with Crippen molar-refractivity contribution in [2.75, 3.05) is 0 Å². The third-order valence-electron chi connectivity index (χ3n) is 5.05. The monoisotopic (exact) mass is 268 g/mol. The average molecular weight is 268 g/mol. The minimum absolute atomic E-state index is 0.288. The number of hydrogen-bond donors (Lipinski definition) is 0. The Morgan fingerprint density at radius 3 is 2.10 bits per heavy atom. The SMILES string of the molecule is CC1(C2=Cc3ccccc3[N]2)CCCCCCCCC1. The number of benzene rings is 1. The van der Waals surface area contributed by atoms with E-state index in [1.54, 1.807) is 0 Å². The summed E-state index contributed by atoms with van der Waals surface area (Å²) >= 11 is 0. The maximum Gasteiger partial charge on any atom is 0.0706 e. The van der Waals surface area contributed by atoms with Gasteiger partial charge in [-0.3, -0.25) is 5.32 Å². The minimum atomic E-state index is 0.288. The molecule has 1 fully saturated rings. The highest BCUT2D eigenvalue weighted by atomic mass is 14.9. The first-order chi connectivity index (χ1) is 9.78. The molecule has 20 heavy (non-hydrogen) atoms. The molecular weight excluding hydrogens is 242 g/mol. The van der Waals surface area contributed by atoms with Gasteiger partial charge in [0.05, 0.1) is 5.69 Å². The van der Waals surface area contributed by atoms with E-state index in [2.05, 4.69) is 37.3 Å². The fourth-order valence-electron chi connectivity index (χ4n) is 3.63. The highest BCUT2D eigenvalue weighted by Gasteiger charge is 2.32. The van der Waals surface area contributed by atoms with E-state index < -0.39 is 0 Å². The maximum atomic E-state index is 4.93. The van der Waals surface area contributed by atoms with E-state index in [1.807, 2.05) is 0 Å². The van der Waals surface area contributed by atoms with Crippen LogP contribution in [-0.2, 0) is 0 Å². The van der Waals surface area contributed by atoms with Gasteiger partial charge >= 0.3 is 0 Å². The van der Waals surface area contributed by atoms with Crippen LogP contribution in [0.5, 0.6) is 0 Å². The molecule has 0 saturated heterocycles. The smallest absolute Gasteiger partial charge is 0.0706 e. The molecule has 3 rings (SSSR count). The molecule has 1 nitrogen and oxygen atoms in total. The first-order valence-electron chi connectivity index (χ1n) is 8.31. The molecule has 0 unspecified atom stereocenters. The first kappa shape index (κ1) is 13.7. The summed E-state index contributed by atoms with van der Waals surface area (Å²) < 4.78 is 0. The molecule has 1 aliphatic heterocycles. The van der Waals surface area contributed by atoms with Gasteiger partial charge in [-0.1, -0.05) is 70.1 Å². The lowest BCUT2D eigenvalue weighted by molar-refractivity contribution is 0.291.